The number of esters is 1. The number of rotatable bonds is 4. The number of carbonyl (C=O) groups is 2. The van der Waals surface area contributed by atoms with E-state index in [4.69, 9.17) is 22.1 Å². The fraction of sp³-hybridized carbons (Fsp3) is 0.350. The number of anilines is 2. The van der Waals surface area contributed by atoms with Gasteiger partial charge < -0.3 is 24.8 Å². The predicted molar refractivity (Wildman–Crippen MR) is 110 cm³/mol. The van der Waals surface area contributed by atoms with E-state index in [1.165, 1.54) is 17.9 Å². The van der Waals surface area contributed by atoms with Crippen molar-refractivity contribution in [2.75, 3.05) is 43.9 Å². The lowest BCUT2D eigenvalue weighted by molar-refractivity contribution is -0.131. The highest BCUT2D eigenvalue weighted by atomic mass is 35.5. The molecular formula is C20H22ClN5O3. The molecule has 8 nitrogen and oxygen atoms in total. The van der Waals surface area contributed by atoms with Gasteiger partial charge in [0.1, 0.15) is 6.07 Å². The zero-order valence-corrected chi connectivity index (χ0v) is 17.1. The number of nitrogen functional groups attached to an aromatic ring is 1. The minimum Gasteiger partial charge on any atom is -0.464 e. The maximum Gasteiger partial charge on any atom is 0.357 e. The van der Waals surface area contributed by atoms with Crippen LogP contribution in [0.15, 0.2) is 24.4 Å². The first kappa shape index (κ1) is 20.6. The molecule has 0 radical (unpaired) electrons. The number of halogens is 1. The van der Waals surface area contributed by atoms with Crippen molar-refractivity contribution < 1.29 is 14.3 Å². The maximum absolute atomic E-state index is 12.2. The number of benzene rings is 1. The highest BCUT2D eigenvalue weighted by Crippen LogP contribution is 2.31. The van der Waals surface area contributed by atoms with Crippen molar-refractivity contribution in [2.24, 2.45) is 0 Å². The van der Waals surface area contributed by atoms with Crippen LogP contribution in [-0.4, -0.2) is 54.6 Å². The van der Waals surface area contributed by atoms with E-state index in [1.54, 1.807) is 12.1 Å². The zero-order valence-electron chi connectivity index (χ0n) is 16.3. The summed E-state index contributed by atoms with van der Waals surface area (Å²) in [6.45, 7) is 4.53. The fourth-order valence-electron chi connectivity index (χ4n) is 3.44. The Morgan fingerprint density at radius 1 is 1.28 bits per heavy atom. The van der Waals surface area contributed by atoms with Gasteiger partial charge in [-0.1, -0.05) is 18.5 Å². The van der Waals surface area contributed by atoms with Gasteiger partial charge in [0.15, 0.2) is 5.69 Å². The monoisotopic (exact) mass is 415 g/mol. The summed E-state index contributed by atoms with van der Waals surface area (Å²) >= 11 is 6.54. The molecule has 152 valence electrons. The van der Waals surface area contributed by atoms with Crippen molar-refractivity contribution in [3.63, 3.8) is 0 Å². The largest absolute Gasteiger partial charge is 0.464 e. The SMILES string of the molecule is CCC(=O)N1CCN(c2ccc(-n3cc(C#N)c(N)c3C(=O)OC)cc2Cl)CC1. The molecule has 3 rings (SSSR count). The average molecular weight is 416 g/mol. The smallest absolute Gasteiger partial charge is 0.357 e. The van der Waals surface area contributed by atoms with E-state index in [-0.39, 0.29) is 22.9 Å². The van der Waals surface area contributed by atoms with Gasteiger partial charge in [0.25, 0.3) is 0 Å². The van der Waals surface area contributed by atoms with Gasteiger partial charge in [-0.15, -0.1) is 0 Å². The lowest BCUT2D eigenvalue weighted by atomic mass is 10.2. The Morgan fingerprint density at radius 3 is 2.52 bits per heavy atom. The molecule has 1 aromatic carbocycles. The number of nitrogens with two attached hydrogens (primary N) is 1. The minimum absolute atomic E-state index is 0.0660. The molecule has 0 aliphatic carbocycles. The fourth-order valence-corrected chi connectivity index (χ4v) is 3.74. The van der Waals surface area contributed by atoms with E-state index in [2.05, 4.69) is 4.90 Å². The van der Waals surface area contributed by atoms with Crippen molar-refractivity contribution in [3.05, 3.63) is 40.7 Å². The first-order valence-electron chi connectivity index (χ1n) is 9.23. The number of hydrogen-bond acceptors (Lipinski definition) is 6. The van der Waals surface area contributed by atoms with Crippen LogP contribution in [0.3, 0.4) is 0 Å². The Kier molecular flexibility index (Phi) is 5.99. The summed E-state index contributed by atoms with van der Waals surface area (Å²) in [5.41, 5.74) is 7.71. The number of ether oxygens (including phenoxy) is 1. The van der Waals surface area contributed by atoms with Gasteiger partial charge in [-0.05, 0) is 18.2 Å². The first-order chi connectivity index (χ1) is 13.9. The summed E-state index contributed by atoms with van der Waals surface area (Å²) in [6, 6.07) is 7.35. The van der Waals surface area contributed by atoms with E-state index >= 15 is 0 Å². The van der Waals surface area contributed by atoms with Crippen LogP contribution in [0.5, 0.6) is 0 Å². The third-order valence-electron chi connectivity index (χ3n) is 5.03. The van der Waals surface area contributed by atoms with E-state index in [9.17, 15) is 14.9 Å². The van der Waals surface area contributed by atoms with Crippen LogP contribution in [-0.2, 0) is 9.53 Å². The third kappa shape index (κ3) is 3.87. The molecule has 1 aromatic heterocycles. The second kappa shape index (κ2) is 8.45. The topological polar surface area (TPSA) is 105 Å². The van der Waals surface area contributed by atoms with Crippen molar-refractivity contribution in [1.29, 1.82) is 5.26 Å². The molecule has 2 aromatic rings. The Balaban J connectivity index is 1.89. The normalized spacial score (nSPS) is 13.9. The standard InChI is InChI=1S/C20H22ClN5O3/c1-3-17(27)25-8-6-24(7-9-25)16-5-4-14(10-15(16)21)26-12-13(11-22)18(23)19(26)20(28)29-2/h4-5,10,12H,3,6-9,23H2,1-2H3. The number of nitrogens with zero attached hydrogens (tertiary/aromatic N) is 4. The summed E-state index contributed by atoms with van der Waals surface area (Å²) in [7, 11) is 1.25. The minimum atomic E-state index is -0.638. The molecule has 2 N–H and O–H groups in total. The molecule has 0 saturated carbocycles. The van der Waals surface area contributed by atoms with Crippen LogP contribution in [0, 0.1) is 11.3 Å². The van der Waals surface area contributed by atoms with Crippen LogP contribution >= 0.6 is 11.6 Å². The summed E-state index contributed by atoms with van der Waals surface area (Å²) in [6.07, 6.45) is 1.99. The van der Waals surface area contributed by atoms with E-state index in [1.807, 2.05) is 24.0 Å². The van der Waals surface area contributed by atoms with E-state index < -0.39 is 5.97 Å². The molecule has 29 heavy (non-hydrogen) atoms. The van der Waals surface area contributed by atoms with Gasteiger partial charge in [0.05, 0.1) is 29.1 Å². The Labute approximate surface area is 174 Å². The van der Waals surface area contributed by atoms with Gasteiger partial charge in [-0.3, -0.25) is 4.79 Å². The van der Waals surface area contributed by atoms with E-state index in [0.717, 1.165) is 5.69 Å². The molecule has 0 bridgehead atoms. The van der Waals surface area contributed by atoms with Crippen LogP contribution in [0.25, 0.3) is 5.69 Å². The van der Waals surface area contributed by atoms with E-state index in [0.29, 0.717) is 43.3 Å². The molecule has 0 unspecified atom stereocenters. The summed E-state index contributed by atoms with van der Waals surface area (Å²) in [4.78, 5) is 28.0. The number of aromatic nitrogens is 1. The second-order valence-corrected chi connectivity index (χ2v) is 7.04. The molecule has 1 amide bonds. The number of amides is 1. The van der Waals surface area contributed by atoms with Gasteiger partial charge in [0, 0.05) is 44.5 Å². The number of piperazine rings is 1. The Bertz CT molecular complexity index is 987. The highest BCUT2D eigenvalue weighted by Gasteiger charge is 2.24. The van der Waals surface area contributed by atoms with Gasteiger partial charge >= 0.3 is 5.97 Å². The van der Waals surface area contributed by atoms with Crippen LogP contribution in [0.4, 0.5) is 11.4 Å². The first-order valence-corrected chi connectivity index (χ1v) is 9.60. The zero-order chi connectivity index (χ0) is 21.1. The Morgan fingerprint density at radius 2 is 1.97 bits per heavy atom. The lowest BCUT2D eigenvalue weighted by Gasteiger charge is -2.36. The van der Waals surface area contributed by atoms with Gasteiger partial charge in [0.2, 0.25) is 5.91 Å². The lowest BCUT2D eigenvalue weighted by Crippen LogP contribution is -2.48. The number of methoxy groups -OCH3 is 1. The summed E-state index contributed by atoms with van der Waals surface area (Å²) < 4.78 is 6.31. The second-order valence-electron chi connectivity index (χ2n) is 6.64. The Hall–Kier alpha value is -3.18. The van der Waals surface area contributed by atoms with Crippen LogP contribution < -0.4 is 10.6 Å². The third-order valence-corrected chi connectivity index (χ3v) is 5.33. The van der Waals surface area contributed by atoms with Crippen molar-refractivity contribution in [3.8, 4) is 11.8 Å². The quantitative estimate of drug-likeness (QED) is 0.769. The van der Waals surface area contributed by atoms with Gasteiger partial charge in [-0.2, -0.15) is 5.26 Å². The van der Waals surface area contributed by atoms with Crippen molar-refractivity contribution in [2.45, 2.75) is 13.3 Å². The molecular weight excluding hydrogens is 394 g/mol. The molecule has 1 fully saturated rings. The molecule has 0 spiro atoms. The molecule has 0 atom stereocenters. The highest BCUT2D eigenvalue weighted by molar-refractivity contribution is 6.33. The average Bonchev–Trinajstić information content (AvgIpc) is 3.09. The van der Waals surface area contributed by atoms with Crippen molar-refractivity contribution in [1.82, 2.24) is 9.47 Å². The van der Waals surface area contributed by atoms with Crippen molar-refractivity contribution >= 4 is 34.9 Å². The predicted octanol–water partition coefficient (Wildman–Crippen LogP) is 2.43. The number of hydrogen-bond donors (Lipinski definition) is 1. The maximum atomic E-state index is 12.2. The molecule has 1 aliphatic rings. The molecule has 2 heterocycles. The van der Waals surface area contributed by atoms with Crippen LogP contribution in [0.1, 0.15) is 29.4 Å². The molecule has 9 heteroatoms. The number of carbonyl (C=O) groups excluding carboxylic acids is 2. The van der Waals surface area contributed by atoms with Crippen LogP contribution in [0.2, 0.25) is 5.02 Å². The summed E-state index contributed by atoms with van der Waals surface area (Å²) in [5, 5.41) is 9.75. The summed E-state index contributed by atoms with van der Waals surface area (Å²) in [5.74, 6) is -0.485. The number of nitriles is 1. The molecule has 1 aliphatic heterocycles. The van der Waals surface area contributed by atoms with Gasteiger partial charge in [-0.25, -0.2) is 4.79 Å². The molecule has 1 saturated heterocycles.